The van der Waals surface area contributed by atoms with Crippen LogP contribution in [0.4, 0.5) is 4.79 Å². The van der Waals surface area contributed by atoms with Crippen molar-refractivity contribution in [2.75, 3.05) is 6.54 Å². The Kier molecular flexibility index (Phi) is 3.95. The van der Waals surface area contributed by atoms with E-state index in [2.05, 4.69) is 24.4 Å². The largest absolute Gasteiger partial charge is 0.326 e. The molecule has 1 saturated heterocycles. The highest BCUT2D eigenvalue weighted by molar-refractivity contribution is 6.04. The smallest absolute Gasteiger partial charge is 0.324 e. The molecular formula is C17H22N2O2. The highest BCUT2D eigenvalue weighted by Crippen LogP contribution is 2.47. The predicted octanol–water partition coefficient (Wildman–Crippen LogP) is 2.90. The highest BCUT2D eigenvalue weighted by Gasteiger charge is 2.45. The lowest BCUT2D eigenvalue weighted by Gasteiger charge is -2.12. The lowest BCUT2D eigenvalue weighted by atomic mass is 10.1. The van der Waals surface area contributed by atoms with Crippen LogP contribution < -0.4 is 5.32 Å². The number of imide groups is 1. The van der Waals surface area contributed by atoms with Crippen LogP contribution in [0.15, 0.2) is 30.3 Å². The summed E-state index contributed by atoms with van der Waals surface area (Å²) in [4.78, 5) is 25.7. The average Bonchev–Trinajstić information content (AvgIpc) is 3.23. The third-order valence-electron chi connectivity index (χ3n) is 4.52. The van der Waals surface area contributed by atoms with E-state index in [1.165, 1.54) is 10.5 Å². The van der Waals surface area contributed by atoms with Gasteiger partial charge in [0, 0.05) is 6.54 Å². The summed E-state index contributed by atoms with van der Waals surface area (Å²) in [6, 6.07) is 9.84. The van der Waals surface area contributed by atoms with E-state index in [-0.39, 0.29) is 18.0 Å². The number of carbonyl (C=O) groups excluding carboxylic acids is 2. The summed E-state index contributed by atoms with van der Waals surface area (Å²) in [6.07, 6.45) is 3.84. The Balaban J connectivity index is 1.57. The Hall–Kier alpha value is -1.84. The van der Waals surface area contributed by atoms with Crippen LogP contribution in [0.3, 0.4) is 0 Å². The van der Waals surface area contributed by atoms with Gasteiger partial charge in [0.1, 0.15) is 6.04 Å². The van der Waals surface area contributed by atoms with E-state index in [0.29, 0.717) is 18.4 Å². The number of unbranched alkanes of at least 4 members (excludes halogenated alkanes) is 1. The quantitative estimate of drug-likeness (QED) is 0.817. The van der Waals surface area contributed by atoms with Gasteiger partial charge in [0.2, 0.25) is 0 Å². The van der Waals surface area contributed by atoms with Crippen LogP contribution in [0, 0.1) is 5.92 Å². The first-order chi connectivity index (χ1) is 10.2. The number of carbonyl (C=O) groups is 2. The van der Waals surface area contributed by atoms with Crippen LogP contribution in [0.25, 0.3) is 0 Å². The Bertz CT molecular complexity index is 529. The zero-order valence-corrected chi connectivity index (χ0v) is 12.4. The second-order valence-electron chi connectivity index (χ2n) is 6.11. The van der Waals surface area contributed by atoms with Crippen LogP contribution in [-0.4, -0.2) is 29.4 Å². The van der Waals surface area contributed by atoms with Crippen molar-refractivity contribution in [1.29, 1.82) is 0 Å². The van der Waals surface area contributed by atoms with Crippen molar-refractivity contribution in [3.63, 3.8) is 0 Å². The first kappa shape index (κ1) is 14.1. The maximum Gasteiger partial charge on any atom is 0.324 e. The molecule has 1 saturated carbocycles. The van der Waals surface area contributed by atoms with E-state index in [4.69, 9.17) is 0 Å². The number of nitrogens with one attached hydrogen (secondary N) is 1. The Morgan fingerprint density at radius 2 is 2.00 bits per heavy atom. The van der Waals surface area contributed by atoms with E-state index in [0.717, 1.165) is 25.7 Å². The summed E-state index contributed by atoms with van der Waals surface area (Å²) < 4.78 is 0. The van der Waals surface area contributed by atoms with Crippen LogP contribution in [0.1, 0.15) is 44.1 Å². The van der Waals surface area contributed by atoms with Crippen LogP contribution in [0.5, 0.6) is 0 Å². The van der Waals surface area contributed by atoms with Crippen molar-refractivity contribution in [2.45, 2.75) is 44.6 Å². The molecule has 1 aromatic carbocycles. The molecule has 2 fully saturated rings. The van der Waals surface area contributed by atoms with Gasteiger partial charge in [0.25, 0.3) is 5.91 Å². The second-order valence-corrected chi connectivity index (χ2v) is 6.11. The molecule has 0 aromatic heterocycles. The molecule has 1 N–H and O–H groups in total. The molecule has 3 atom stereocenters. The van der Waals surface area contributed by atoms with E-state index in [1.807, 2.05) is 18.2 Å². The maximum absolute atomic E-state index is 12.3. The first-order valence-electron chi connectivity index (χ1n) is 7.87. The van der Waals surface area contributed by atoms with E-state index < -0.39 is 0 Å². The van der Waals surface area contributed by atoms with Gasteiger partial charge in [0.05, 0.1) is 0 Å². The maximum atomic E-state index is 12.3. The van der Waals surface area contributed by atoms with Crippen molar-refractivity contribution >= 4 is 11.9 Å². The van der Waals surface area contributed by atoms with E-state index in [1.54, 1.807) is 0 Å². The van der Waals surface area contributed by atoms with Crippen LogP contribution in [-0.2, 0) is 4.79 Å². The fourth-order valence-electron chi connectivity index (χ4n) is 3.15. The number of nitrogens with zero attached hydrogens (tertiary/aromatic N) is 1. The molecule has 3 rings (SSSR count). The lowest BCUT2D eigenvalue weighted by Crippen LogP contribution is -2.33. The molecule has 3 amide bonds. The molecule has 4 heteroatoms. The number of urea groups is 1. The van der Waals surface area contributed by atoms with Crippen LogP contribution in [0.2, 0.25) is 0 Å². The monoisotopic (exact) mass is 286 g/mol. The number of rotatable bonds is 6. The van der Waals surface area contributed by atoms with Gasteiger partial charge >= 0.3 is 6.03 Å². The average molecular weight is 286 g/mol. The number of hydrogen-bond acceptors (Lipinski definition) is 2. The Morgan fingerprint density at radius 1 is 1.24 bits per heavy atom. The third kappa shape index (κ3) is 2.94. The molecule has 0 unspecified atom stereocenters. The molecule has 0 radical (unpaired) electrons. The Labute approximate surface area is 125 Å². The summed E-state index contributed by atoms with van der Waals surface area (Å²) >= 11 is 0. The number of hydrogen-bond donors (Lipinski definition) is 1. The van der Waals surface area contributed by atoms with E-state index in [9.17, 15) is 9.59 Å². The molecule has 1 aliphatic heterocycles. The van der Waals surface area contributed by atoms with Crippen molar-refractivity contribution in [3.05, 3.63) is 35.9 Å². The first-order valence-corrected chi connectivity index (χ1v) is 7.87. The zero-order valence-electron chi connectivity index (χ0n) is 12.4. The van der Waals surface area contributed by atoms with Gasteiger partial charge in [-0.05, 0) is 30.2 Å². The van der Waals surface area contributed by atoms with Crippen molar-refractivity contribution in [2.24, 2.45) is 5.92 Å². The lowest BCUT2D eigenvalue weighted by molar-refractivity contribution is -0.127. The normalized spacial score (nSPS) is 27.9. The molecular weight excluding hydrogens is 264 g/mol. The molecule has 112 valence electrons. The highest BCUT2D eigenvalue weighted by atomic mass is 16.2. The number of benzene rings is 1. The van der Waals surface area contributed by atoms with Gasteiger partial charge in [-0.3, -0.25) is 9.69 Å². The predicted molar refractivity (Wildman–Crippen MR) is 80.8 cm³/mol. The van der Waals surface area contributed by atoms with Gasteiger partial charge in [-0.1, -0.05) is 50.1 Å². The van der Waals surface area contributed by atoms with E-state index >= 15 is 0 Å². The summed E-state index contributed by atoms with van der Waals surface area (Å²) in [6.45, 7) is 2.65. The summed E-state index contributed by atoms with van der Waals surface area (Å²) in [5, 5.41) is 2.81. The molecule has 0 bridgehead atoms. The van der Waals surface area contributed by atoms with Gasteiger partial charge < -0.3 is 5.32 Å². The molecule has 1 aliphatic carbocycles. The fraction of sp³-hybridized carbons (Fsp3) is 0.529. The molecule has 2 aliphatic rings. The molecule has 4 nitrogen and oxygen atoms in total. The van der Waals surface area contributed by atoms with Gasteiger partial charge in [-0.15, -0.1) is 0 Å². The molecule has 1 heterocycles. The minimum Gasteiger partial charge on any atom is -0.326 e. The summed E-state index contributed by atoms with van der Waals surface area (Å²) in [5.41, 5.74) is 1.32. The standard InChI is InChI=1S/C17H22N2O2/c1-2-3-9-15-16(20)19(17(21)18-15)11-13-10-14(13)12-7-5-4-6-8-12/h4-8,13-15H,2-3,9-11H2,1H3,(H,18,21)/t13-,14+,15+/m1/s1. The topological polar surface area (TPSA) is 49.4 Å². The van der Waals surface area contributed by atoms with Crippen molar-refractivity contribution < 1.29 is 9.59 Å². The number of amides is 3. The van der Waals surface area contributed by atoms with Gasteiger partial charge in [0.15, 0.2) is 0 Å². The van der Waals surface area contributed by atoms with Crippen molar-refractivity contribution in [1.82, 2.24) is 10.2 Å². The zero-order chi connectivity index (χ0) is 14.8. The van der Waals surface area contributed by atoms with Gasteiger partial charge in [-0.2, -0.15) is 0 Å². The second kappa shape index (κ2) is 5.88. The fourth-order valence-corrected chi connectivity index (χ4v) is 3.15. The minimum absolute atomic E-state index is 0.0350. The minimum atomic E-state index is -0.300. The molecule has 0 spiro atoms. The molecule has 1 aromatic rings. The Morgan fingerprint density at radius 3 is 2.71 bits per heavy atom. The van der Waals surface area contributed by atoms with Crippen LogP contribution >= 0.6 is 0 Å². The van der Waals surface area contributed by atoms with Crippen molar-refractivity contribution in [3.8, 4) is 0 Å². The SMILES string of the molecule is CCCC[C@@H]1NC(=O)N(C[C@H]2C[C@H]2c2ccccc2)C1=O. The summed E-state index contributed by atoms with van der Waals surface area (Å²) in [5.74, 6) is 0.890. The molecule has 21 heavy (non-hydrogen) atoms. The third-order valence-corrected chi connectivity index (χ3v) is 4.52. The summed E-state index contributed by atoms with van der Waals surface area (Å²) in [7, 11) is 0. The van der Waals surface area contributed by atoms with Gasteiger partial charge in [-0.25, -0.2) is 4.79 Å².